The molecule has 1 rings (SSSR count). The first-order chi connectivity index (χ1) is 7.22. The van der Waals surface area contributed by atoms with Gasteiger partial charge in [-0.3, -0.25) is 4.79 Å². The molecule has 0 saturated heterocycles. The van der Waals surface area contributed by atoms with Gasteiger partial charge in [0.15, 0.2) is 0 Å². The lowest BCUT2D eigenvalue weighted by Crippen LogP contribution is -1.92. The standard InChI is InChI=1S/C12H12O3/c1-2-15-11-7-3-5-10(9-11)6-4-8-12(13)14/h3,5,7,9H,2,8H2,1H3,(H,13,14). The van der Waals surface area contributed by atoms with Gasteiger partial charge in [-0.25, -0.2) is 0 Å². The lowest BCUT2D eigenvalue weighted by atomic mass is 10.2. The minimum atomic E-state index is -0.913. The molecule has 1 aromatic carbocycles. The van der Waals surface area contributed by atoms with Crippen molar-refractivity contribution in [2.24, 2.45) is 0 Å². The van der Waals surface area contributed by atoms with Gasteiger partial charge in [-0.1, -0.05) is 17.9 Å². The maximum atomic E-state index is 10.2. The van der Waals surface area contributed by atoms with Crippen molar-refractivity contribution in [2.75, 3.05) is 6.61 Å². The van der Waals surface area contributed by atoms with E-state index >= 15 is 0 Å². The van der Waals surface area contributed by atoms with E-state index in [1.54, 1.807) is 6.07 Å². The van der Waals surface area contributed by atoms with Crippen LogP contribution in [0.15, 0.2) is 24.3 Å². The van der Waals surface area contributed by atoms with Crippen molar-refractivity contribution >= 4 is 5.97 Å². The highest BCUT2D eigenvalue weighted by molar-refractivity contribution is 5.70. The number of aliphatic carboxylic acids is 1. The molecule has 0 amide bonds. The third-order valence-electron chi connectivity index (χ3n) is 1.62. The van der Waals surface area contributed by atoms with Crippen LogP contribution >= 0.6 is 0 Å². The molecule has 0 aliphatic heterocycles. The molecule has 78 valence electrons. The number of benzene rings is 1. The van der Waals surface area contributed by atoms with E-state index in [0.717, 1.165) is 11.3 Å². The van der Waals surface area contributed by atoms with E-state index < -0.39 is 5.97 Å². The quantitative estimate of drug-likeness (QED) is 0.765. The highest BCUT2D eigenvalue weighted by atomic mass is 16.5. The van der Waals surface area contributed by atoms with Gasteiger partial charge in [0.25, 0.3) is 0 Å². The first-order valence-electron chi connectivity index (χ1n) is 4.66. The van der Waals surface area contributed by atoms with Crippen LogP contribution < -0.4 is 4.74 Å². The summed E-state index contributed by atoms with van der Waals surface area (Å²) < 4.78 is 5.29. The summed E-state index contributed by atoms with van der Waals surface area (Å²) in [6, 6.07) is 7.28. The Morgan fingerprint density at radius 3 is 3.00 bits per heavy atom. The smallest absolute Gasteiger partial charge is 0.315 e. The van der Waals surface area contributed by atoms with Crippen LogP contribution in [0.1, 0.15) is 18.9 Å². The van der Waals surface area contributed by atoms with E-state index in [1.807, 2.05) is 25.1 Å². The van der Waals surface area contributed by atoms with Gasteiger partial charge >= 0.3 is 5.97 Å². The first kappa shape index (κ1) is 11.1. The number of carbonyl (C=O) groups is 1. The Balaban J connectivity index is 2.71. The predicted octanol–water partition coefficient (Wildman–Crippen LogP) is 1.91. The van der Waals surface area contributed by atoms with Gasteiger partial charge in [0.2, 0.25) is 0 Å². The molecule has 0 unspecified atom stereocenters. The molecule has 0 aliphatic rings. The lowest BCUT2D eigenvalue weighted by molar-refractivity contribution is -0.135. The SMILES string of the molecule is CCOc1cccc(C#CCC(=O)O)c1. The molecular weight excluding hydrogens is 192 g/mol. The van der Waals surface area contributed by atoms with E-state index in [2.05, 4.69) is 11.8 Å². The molecule has 0 bridgehead atoms. The van der Waals surface area contributed by atoms with Gasteiger partial charge in [0.1, 0.15) is 12.2 Å². The van der Waals surface area contributed by atoms with Gasteiger partial charge in [-0.05, 0) is 25.1 Å². The molecule has 0 atom stereocenters. The minimum Gasteiger partial charge on any atom is -0.494 e. The van der Waals surface area contributed by atoms with Crippen LogP contribution in [0.5, 0.6) is 5.75 Å². The summed E-state index contributed by atoms with van der Waals surface area (Å²) in [7, 11) is 0. The van der Waals surface area contributed by atoms with E-state index in [1.165, 1.54) is 0 Å². The fourth-order valence-corrected chi connectivity index (χ4v) is 1.05. The first-order valence-corrected chi connectivity index (χ1v) is 4.66. The highest BCUT2D eigenvalue weighted by Gasteiger charge is 1.93. The Morgan fingerprint density at radius 1 is 1.53 bits per heavy atom. The molecule has 1 aromatic rings. The van der Waals surface area contributed by atoms with Crippen LogP contribution in [0.4, 0.5) is 0 Å². The Labute approximate surface area is 88.7 Å². The molecule has 3 nitrogen and oxygen atoms in total. The zero-order chi connectivity index (χ0) is 11.1. The molecule has 0 fully saturated rings. The van der Waals surface area contributed by atoms with Gasteiger partial charge < -0.3 is 9.84 Å². The lowest BCUT2D eigenvalue weighted by Gasteiger charge is -2.01. The van der Waals surface area contributed by atoms with Crippen molar-refractivity contribution in [3.8, 4) is 17.6 Å². The van der Waals surface area contributed by atoms with Gasteiger partial charge in [0, 0.05) is 5.56 Å². The number of ether oxygens (including phenoxy) is 1. The maximum Gasteiger partial charge on any atom is 0.315 e. The van der Waals surface area contributed by atoms with Gasteiger partial charge in [-0.2, -0.15) is 0 Å². The highest BCUT2D eigenvalue weighted by Crippen LogP contribution is 2.12. The number of hydrogen-bond donors (Lipinski definition) is 1. The van der Waals surface area contributed by atoms with E-state index in [4.69, 9.17) is 9.84 Å². The van der Waals surface area contributed by atoms with Crippen LogP contribution in [0.2, 0.25) is 0 Å². The maximum absolute atomic E-state index is 10.2. The fourth-order valence-electron chi connectivity index (χ4n) is 1.05. The van der Waals surface area contributed by atoms with Gasteiger partial charge in [0.05, 0.1) is 6.61 Å². The number of carboxylic acid groups (broad SMARTS) is 1. The molecule has 1 N–H and O–H groups in total. The summed E-state index contributed by atoms with van der Waals surface area (Å²) >= 11 is 0. The molecule has 3 heteroatoms. The molecule has 0 spiro atoms. The molecule has 0 heterocycles. The topological polar surface area (TPSA) is 46.5 Å². The summed E-state index contributed by atoms with van der Waals surface area (Å²) in [5, 5.41) is 8.40. The fraction of sp³-hybridized carbons (Fsp3) is 0.250. The third kappa shape index (κ3) is 4.19. The van der Waals surface area contributed by atoms with Crippen LogP contribution in [0.3, 0.4) is 0 Å². The van der Waals surface area contributed by atoms with Gasteiger partial charge in [-0.15, -0.1) is 0 Å². The number of carboxylic acids is 1. The zero-order valence-corrected chi connectivity index (χ0v) is 8.49. The van der Waals surface area contributed by atoms with Crippen LogP contribution in [-0.4, -0.2) is 17.7 Å². The monoisotopic (exact) mass is 204 g/mol. The summed E-state index contributed by atoms with van der Waals surface area (Å²) in [5.41, 5.74) is 0.766. The molecule has 0 saturated carbocycles. The molecular formula is C12H12O3. The van der Waals surface area contributed by atoms with Crippen molar-refractivity contribution in [3.63, 3.8) is 0 Å². The zero-order valence-electron chi connectivity index (χ0n) is 8.49. The van der Waals surface area contributed by atoms with Crippen molar-refractivity contribution < 1.29 is 14.6 Å². The predicted molar refractivity (Wildman–Crippen MR) is 56.7 cm³/mol. The van der Waals surface area contributed by atoms with E-state index in [9.17, 15) is 4.79 Å². The molecule has 0 aromatic heterocycles. The molecule has 0 aliphatic carbocycles. The van der Waals surface area contributed by atoms with Crippen LogP contribution in [0, 0.1) is 11.8 Å². The second-order valence-electron chi connectivity index (χ2n) is 2.83. The van der Waals surface area contributed by atoms with Crippen molar-refractivity contribution in [2.45, 2.75) is 13.3 Å². The van der Waals surface area contributed by atoms with Crippen molar-refractivity contribution in [1.29, 1.82) is 0 Å². The number of hydrogen-bond acceptors (Lipinski definition) is 2. The minimum absolute atomic E-state index is 0.140. The normalized spacial score (nSPS) is 8.87. The summed E-state index contributed by atoms with van der Waals surface area (Å²) in [6.07, 6.45) is -0.140. The molecule has 0 radical (unpaired) electrons. The Kier molecular flexibility index (Phi) is 4.24. The summed E-state index contributed by atoms with van der Waals surface area (Å²) in [5.74, 6) is 5.17. The average Bonchev–Trinajstić information content (AvgIpc) is 2.18. The largest absolute Gasteiger partial charge is 0.494 e. The van der Waals surface area contributed by atoms with Crippen molar-refractivity contribution in [3.05, 3.63) is 29.8 Å². The Hall–Kier alpha value is -1.95. The number of rotatable bonds is 3. The van der Waals surface area contributed by atoms with Crippen LogP contribution in [-0.2, 0) is 4.79 Å². The Morgan fingerprint density at radius 2 is 2.33 bits per heavy atom. The second kappa shape index (κ2) is 5.71. The summed E-state index contributed by atoms with van der Waals surface area (Å²) in [6.45, 7) is 2.51. The van der Waals surface area contributed by atoms with Crippen molar-refractivity contribution in [1.82, 2.24) is 0 Å². The van der Waals surface area contributed by atoms with Crippen LogP contribution in [0.25, 0.3) is 0 Å². The molecule has 15 heavy (non-hydrogen) atoms. The van der Waals surface area contributed by atoms with E-state index in [-0.39, 0.29) is 6.42 Å². The second-order valence-corrected chi connectivity index (χ2v) is 2.83. The van der Waals surface area contributed by atoms with E-state index in [0.29, 0.717) is 6.61 Å². The third-order valence-corrected chi connectivity index (χ3v) is 1.62. The summed E-state index contributed by atoms with van der Waals surface area (Å²) in [4.78, 5) is 10.2. The Bertz CT molecular complexity index is 399. The average molecular weight is 204 g/mol.